The van der Waals surface area contributed by atoms with Gasteiger partial charge in [-0.1, -0.05) is 30.8 Å². The number of nitrogens with one attached hydrogen (secondary N) is 1. The van der Waals surface area contributed by atoms with Crippen molar-refractivity contribution in [1.29, 1.82) is 5.26 Å². The molecule has 1 N–H and O–H groups in total. The van der Waals surface area contributed by atoms with Crippen molar-refractivity contribution >= 4 is 28.0 Å². The van der Waals surface area contributed by atoms with E-state index in [1.54, 1.807) is 13.1 Å². The van der Waals surface area contributed by atoms with Gasteiger partial charge in [0.05, 0.1) is 16.6 Å². The summed E-state index contributed by atoms with van der Waals surface area (Å²) in [4.78, 5) is 0.612. The molecule has 1 fully saturated rings. The molecule has 1 saturated heterocycles. The van der Waals surface area contributed by atoms with Crippen LogP contribution in [0.4, 0.5) is 0 Å². The van der Waals surface area contributed by atoms with Crippen LogP contribution in [0.3, 0.4) is 0 Å². The zero-order valence-electron chi connectivity index (χ0n) is 10.8. The first-order valence-corrected chi connectivity index (χ1v) is 7.99. The van der Waals surface area contributed by atoms with Gasteiger partial charge in [0.25, 0.3) is 0 Å². The molecular weight excluding hydrogens is 276 g/mol. The van der Waals surface area contributed by atoms with Crippen LogP contribution in [0.5, 0.6) is 0 Å². The van der Waals surface area contributed by atoms with E-state index in [1.807, 2.05) is 18.2 Å². The van der Waals surface area contributed by atoms with Crippen molar-refractivity contribution in [2.75, 3.05) is 12.8 Å². The fraction of sp³-hybridized carbons (Fsp3) is 0.429. The molecule has 1 aliphatic heterocycles. The lowest BCUT2D eigenvalue weighted by molar-refractivity contribution is 0.574. The van der Waals surface area contributed by atoms with Gasteiger partial charge in [0, 0.05) is 23.6 Å². The number of hydrogen-bond acceptors (Lipinski definition) is 3. The lowest BCUT2D eigenvalue weighted by Gasteiger charge is -2.37. The first kappa shape index (κ1) is 14.2. The van der Waals surface area contributed by atoms with E-state index in [0.717, 1.165) is 24.8 Å². The Hall–Kier alpha value is -1.25. The van der Waals surface area contributed by atoms with Crippen LogP contribution >= 0.6 is 12.2 Å². The third kappa shape index (κ3) is 2.43. The van der Waals surface area contributed by atoms with Gasteiger partial charge in [-0.3, -0.25) is 4.21 Å². The lowest BCUT2D eigenvalue weighted by atomic mass is 9.90. The van der Waals surface area contributed by atoms with Crippen molar-refractivity contribution in [1.82, 2.24) is 5.32 Å². The Balaban J connectivity index is 2.57. The standard InChI is InChI=1S/C14H16N2OS2/c1-16-13(18)14(7-2-3-8-19(14)17)12-6-4-5-11(9-12)10-15/h4-6,9H,2-3,7-8H2,1H3,(H,16,18)/t14-,19-/m1/s1. The predicted molar refractivity (Wildman–Crippen MR) is 81.4 cm³/mol. The van der Waals surface area contributed by atoms with Crippen LogP contribution < -0.4 is 5.32 Å². The number of benzene rings is 1. The molecule has 0 amide bonds. The maximum Gasteiger partial charge on any atom is 0.121 e. The normalized spacial score (nSPS) is 26.4. The fourth-order valence-electron chi connectivity index (χ4n) is 2.56. The van der Waals surface area contributed by atoms with Gasteiger partial charge in [-0.15, -0.1) is 0 Å². The van der Waals surface area contributed by atoms with Gasteiger partial charge in [0.15, 0.2) is 0 Å². The minimum Gasteiger partial charge on any atom is -0.381 e. The van der Waals surface area contributed by atoms with Gasteiger partial charge in [0.2, 0.25) is 0 Å². The van der Waals surface area contributed by atoms with Crippen LogP contribution in [0.2, 0.25) is 0 Å². The van der Waals surface area contributed by atoms with Crippen molar-refractivity contribution in [3.05, 3.63) is 35.4 Å². The molecule has 0 bridgehead atoms. The van der Waals surface area contributed by atoms with Crippen LogP contribution in [-0.4, -0.2) is 22.0 Å². The maximum atomic E-state index is 12.6. The van der Waals surface area contributed by atoms with Gasteiger partial charge >= 0.3 is 0 Å². The monoisotopic (exact) mass is 292 g/mol. The first-order valence-electron chi connectivity index (χ1n) is 6.26. The SMILES string of the molecule is CNC(=S)[C@]1(c2cccc(C#N)c2)CCCC[S@]1=O. The average Bonchev–Trinajstić information content (AvgIpc) is 2.47. The summed E-state index contributed by atoms with van der Waals surface area (Å²) in [5.41, 5.74) is 1.47. The molecule has 1 aromatic carbocycles. The molecule has 1 heterocycles. The Morgan fingerprint density at radius 2 is 2.32 bits per heavy atom. The second kappa shape index (κ2) is 5.81. The molecule has 0 aromatic heterocycles. The molecular formula is C14H16N2OS2. The smallest absolute Gasteiger partial charge is 0.121 e. The van der Waals surface area contributed by atoms with E-state index >= 15 is 0 Å². The molecule has 2 atom stereocenters. The van der Waals surface area contributed by atoms with Gasteiger partial charge in [-0.05, 0) is 30.5 Å². The Kier molecular flexibility index (Phi) is 4.33. The molecule has 0 saturated carbocycles. The van der Waals surface area contributed by atoms with Crippen molar-refractivity contribution in [3.8, 4) is 6.07 Å². The van der Waals surface area contributed by atoms with E-state index in [1.165, 1.54) is 0 Å². The quantitative estimate of drug-likeness (QED) is 0.849. The summed E-state index contributed by atoms with van der Waals surface area (Å²) < 4.78 is 12.0. The van der Waals surface area contributed by atoms with Crippen LogP contribution in [-0.2, 0) is 15.5 Å². The summed E-state index contributed by atoms with van der Waals surface area (Å²) >= 11 is 5.44. The van der Waals surface area contributed by atoms with Crippen molar-refractivity contribution < 1.29 is 4.21 Å². The molecule has 3 nitrogen and oxygen atoms in total. The second-order valence-electron chi connectivity index (χ2n) is 4.61. The zero-order valence-corrected chi connectivity index (χ0v) is 12.4. The largest absolute Gasteiger partial charge is 0.381 e. The first-order chi connectivity index (χ1) is 9.15. The molecule has 0 unspecified atom stereocenters. The van der Waals surface area contributed by atoms with Crippen molar-refractivity contribution in [3.63, 3.8) is 0 Å². The average molecular weight is 292 g/mol. The highest BCUT2D eigenvalue weighted by Crippen LogP contribution is 2.39. The predicted octanol–water partition coefficient (Wildman–Crippen LogP) is 2.23. The number of nitriles is 1. The van der Waals surface area contributed by atoms with E-state index in [-0.39, 0.29) is 0 Å². The molecule has 0 radical (unpaired) electrons. The topological polar surface area (TPSA) is 52.9 Å². The number of rotatable bonds is 2. The van der Waals surface area contributed by atoms with Crippen LogP contribution in [0, 0.1) is 11.3 Å². The fourth-order valence-corrected chi connectivity index (χ4v) is 4.95. The van der Waals surface area contributed by atoms with E-state index < -0.39 is 15.5 Å². The summed E-state index contributed by atoms with van der Waals surface area (Å²) in [5.74, 6) is 0.665. The third-order valence-corrected chi connectivity index (χ3v) is 6.31. The van der Waals surface area contributed by atoms with Crippen LogP contribution in [0.15, 0.2) is 24.3 Å². The molecule has 2 rings (SSSR count). The summed E-state index contributed by atoms with van der Waals surface area (Å²) in [6.07, 6.45) is 2.75. The highest BCUT2D eigenvalue weighted by molar-refractivity contribution is 7.90. The Bertz CT molecular complexity index is 555. The van der Waals surface area contributed by atoms with E-state index in [2.05, 4.69) is 11.4 Å². The van der Waals surface area contributed by atoms with Gasteiger partial charge in [0.1, 0.15) is 4.75 Å². The van der Waals surface area contributed by atoms with Crippen molar-refractivity contribution in [2.24, 2.45) is 0 Å². The molecule has 1 aliphatic rings. The Morgan fingerprint density at radius 3 is 2.95 bits per heavy atom. The number of hydrogen-bond donors (Lipinski definition) is 1. The van der Waals surface area contributed by atoms with Crippen molar-refractivity contribution in [2.45, 2.75) is 24.0 Å². The Labute approximate surface area is 121 Å². The molecule has 0 aliphatic carbocycles. The van der Waals surface area contributed by atoms with Gasteiger partial charge in [-0.2, -0.15) is 5.26 Å². The van der Waals surface area contributed by atoms with E-state index in [4.69, 9.17) is 17.5 Å². The Morgan fingerprint density at radius 1 is 1.53 bits per heavy atom. The molecule has 0 spiro atoms. The maximum absolute atomic E-state index is 12.6. The number of likely N-dealkylation sites (N-methyl/N-ethyl adjacent to an activating group) is 1. The zero-order chi connectivity index (χ0) is 13.9. The van der Waals surface area contributed by atoms with E-state index in [0.29, 0.717) is 16.3 Å². The van der Waals surface area contributed by atoms with Gasteiger partial charge < -0.3 is 5.32 Å². The summed E-state index contributed by atoms with van der Waals surface area (Å²) in [6, 6.07) is 9.46. The van der Waals surface area contributed by atoms with Gasteiger partial charge in [-0.25, -0.2) is 0 Å². The van der Waals surface area contributed by atoms with E-state index in [9.17, 15) is 4.21 Å². The summed E-state index contributed by atoms with van der Waals surface area (Å²) in [7, 11) is 0.727. The van der Waals surface area contributed by atoms with Crippen LogP contribution in [0.25, 0.3) is 0 Å². The molecule has 100 valence electrons. The van der Waals surface area contributed by atoms with Crippen LogP contribution in [0.1, 0.15) is 30.4 Å². The minimum atomic E-state index is -1.04. The molecule has 1 aromatic rings. The molecule has 19 heavy (non-hydrogen) atoms. The second-order valence-corrected chi connectivity index (χ2v) is 6.81. The highest BCUT2D eigenvalue weighted by atomic mass is 32.2. The number of thiocarbonyl (C=S) groups is 1. The minimum absolute atomic E-state index is 0.582. The highest BCUT2D eigenvalue weighted by Gasteiger charge is 2.44. The lowest BCUT2D eigenvalue weighted by Crippen LogP contribution is -2.47. The summed E-state index contributed by atoms with van der Waals surface area (Å²) in [6.45, 7) is 0. The third-order valence-electron chi connectivity index (χ3n) is 3.55. The summed E-state index contributed by atoms with van der Waals surface area (Å²) in [5, 5.41) is 12.0. The number of nitrogens with zero attached hydrogens (tertiary/aromatic N) is 1. The molecule has 5 heteroatoms.